The molecule has 0 saturated heterocycles. The van der Waals surface area contributed by atoms with E-state index in [0.29, 0.717) is 37.3 Å². The second kappa shape index (κ2) is 10.8. The second-order valence-corrected chi connectivity index (χ2v) is 9.10. The predicted molar refractivity (Wildman–Crippen MR) is 133 cm³/mol. The molecule has 2 aromatic rings. The molecule has 1 fully saturated rings. The van der Waals surface area contributed by atoms with Gasteiger partial charge in [0.25, 0.3) is 5.91 Å². The van der Waals surface area contributed by atoms with Gasteiger partial charge in [0, 0.05) is 51.1 Å². The fourth-order valence-electron chi connectivity index (χ4n) is 4.71. The van der Waals surface area contributed by atoms with Crippen molar-refractivity contribution in [2.75, 3.05) is 49.0 Å². The lowest BCUT2D eigenvalue weighted by atomic mass is 10.1. The predicted octanol–water partition coefficient (Wildman–Crippen LogP) is 3.35. The number of hydrogen-bond donors (Lipinski definition) is 2. The zero-order chi connectivity index (χ0) is 24.1. The standard InChI is InChI=1S/C25H34N6O3/c1-17-16-31(20-10-4-5-11-20)22-21(30(2)24(17)33)15-27-25(29-22)28-19-9-6-8-18(14-19)23(32)26-12-7-13-34-3/h6,8-9,14-15,17,20H,4-5,7,10-13,16H2,1-3H3,(H,26,32)(H,27,28,29). The van der Waals surface area contributed by atoms with Gasteiger partial charge in [0.1, 0.15) is 5.69 Å². The van der Waals surface area contributed by atoms with Crippen molar-refractivity contribution in [1.29, 1.82) is 0 Å². The maximum atomic E-state index is 12.8. The number of amides is 2. The number of nitrogens with zero attached hydrogens (tertiary/aromatic N) is 4. The van der Waals surface area contributed by atoms with E-state index < -0.39 is 0 Å². The summed E-state index contributed by atoms with van der Waals surface area (Å²) in [4.78, 5) is 38.6. The highest BCUT2D eigenvalue weighted by Crippen LogP contribution is 2.37. The molecule has 2 amide bonds. The van der Waals surface area contributed by atoms with E-state index >= 15 is 0 Å². The van der Waals surface area contributed by atoms with Gasteiger partial charge in [-0.15, -0.1) is 0 Å². The molecule has 34 heavy (non-hydrogen) atoms. The van der Waals surface area contributed by atoms with Gasteiger partial charge in [-0.1, -0.05) is 25.8 Å². The Kier molecular flexibility index (Phi) is 7.62. The van der Waals surface area contributed by atoms with Gasteiger partial charge < -0.3 is 25.2 Å². The third-order valence-corrected chi connectivity index (χ3v) is 6.56. The summed E-state index contributed by atoms with van der Waals surface area (Å²) in [5.41, 5.74) is 2.02. The Morgan fingerprint density at radius 2 is 2.06 bits per heavy atom. The van der Waals surface area contributed by atoms with E-state index in [1.165, 1.54) is 12.8 Å². The Morgan fingerprint density at radius 3 is 2.82 bits per heavy atom. The molecule has 2 aliphatic rings. The number of aromatic nitrogens is 2. The van der Waals surface area contributed by atoms with E-state index in [9.17, 15) is 9.59 Å². The number of fused-ring (bicyclic) bond motifs is 1. The highest BCUT2D eigenvalue weighted by Gasteiger charge is 2.35. The van der Waals surface area contributed by atoms with Crippen LogP contribution in [0.15, 0.2) is 30.5 Å². The number of carbonyl (C=O) groups is 2. The second-order valence-electron chi connectivity index (χ2n) is 9.10. The van der Waals surface area contributed by atoms with Crippen molar-refractivity contribution in [1.82, 2.24) is 15.3 Å². The molecule has 2 N–H and O–H groups in total. The molecule has 1 atom stereocenters. The molecule has 182 valence electrons. The van der Waals surface area contributed by atoms with Crippen molar-refractivity contribution >= 4 is 35.0 Å². The number of hydrogen-bond acceptors (Lipinski definition) is 7. The van der Waals surface area contributed by atoms with E-state index in [4.69, 9.17) is 9.72 Å². The lowest BCUT2D eigenvalue weighted by Gasteiger charge is -2.31. The number of methoxy groups -OCH3 is 1. The summed E-state index contributed by atoms with van der Waals surface area (Å²) in [5, 5.41) is 6.14. The van der Waals surface area contributed by atoms with Gasteiger partial charge >= 0.3 is 0 Å². The number of rotatable bonds is 8. The van der Waals surface area contributed by atoms with Crippen LogP contribution in [0.1, 0.15) is 49.4 Å². The van der Waals surface area contributed by atoms with Gasteiger partial charge in [0.05, 0.1) is 12.1 Å². The largest absolute Gasteiger partial charge is 0.385 e. The minimum absolute atomic E-state index is 0.0790. The van der Waals surface area contributed by atoms with Crippen LogP contribution in [-0.4, -0.2) is 61.7 Å². The van der Waals surface area contributed by atoms with E-state index in [1.807, 2.05) is 19.1 Å². The van der Waals surface area contributed by atoms with Crippen LogP contribution in [0.5, 0.6) is 0 Å². The maximum Gasteiger partial charge on any atom is 0.251 e. The normalized spacial score (nSPS) is 18.6. The third kappa shape index (κ3) is 5.30. The van der Waals surface area contributed by atoms with Crippen LogP contribution in [0, 0.1) is 5.92 Å². The summed E-state index contributed by atoms with van der Waals surface area (Å²) in [5.74, 6) is 1.06. The highest BCUT2D eigenvalue weighted by molar-refractivity contribution is 5.99. The fraction of sp³-hybridized carbons (Fsp3) is 0.520. The first-order valence-corrected chi connectivity index (χ1v) is 12.0. The number of nitrogens with one attached hydrogen (secondary N) is 2. The first kappa shape index (κ1) is 23.9. The van der Waals surface area contributed by atoms with E-state index in [2.05, 4.69) is 20.5 Å². The Bertz CT molecular complexity index is 1020. The summed E-state index contributed by atoms with van der Waals surface area (Å²) in [6.45, 7) is 3.79. The molecule has 1 aromatic carbocycles. The third-order valence-electron chi connectivity index (χ3n) is 6.56. The fourth-order valence-corrected chi connectivity index (χ4v) is 4.71. The number of ether oxygens (including phenoxy) is 1. The minimum atomic E-state index is -0.135. The van der Waals surface area contributed by atoms with Crippen molar-refractivity contribution in [2.24, 2.45) is 5.92 Å². The van der Waals surface area contributed by atoms with Gasteiger partial charge in [-0.25, -0.2) is 4.98 Å². The lowest BCUT2D eigenvalue weighted by molar-refractivity contribution is -0.121. The Hall–Kier alpha value is -3.20. The van der Waals surface area contributed by atoms with Crippen LogP contribution in [0.25, 0.3) is 0 Å². The Morgan fingerprint density at radius 1 is 1.26 bits per heavy atom. The van der Waals surface area contributed by atoms with E-state index in [-0.39, 0.29) is 17.7 Å². The SMILES string of the molecule is COCCCNC(=O)c1cccc(Nc2ncc3c(n2)N(C2CCCC2)CC(C)C(=O)N3C)c1. The monoisotopic (exact) mass is 466 g/mol. The van der Waals surface area contributed by atoms with Gasteiger partial charge in [-0.3, -0.25) is 9.59 Å². The molecule has 4 rings (SSSR count). The molecule has 1 unspecified atom stereocenters. The van der Waals surface area contributed by atoms with Crippen LogP contribution in [0.4, 0.5) is 23.1 Å². The lowest BCUT2D eigenvalue weighted by Crippen LogP contribution is -2.38. The van der Waals surface area contributed by atoms with Crippen molar-refractivity contribution < 1.29 is 14.3 Å². The molecule has 9 nitrogen and oxygen atoms in total. The average molecular weight is 467 g/mol. The molecule has 1 aromatic heterocycles. The quantitative estimate of drug-likeness (QED) is 0.576. The molecule has 0 radical (unpaired) electrons. The topological polar surface area (TPSA) is 99.7 Å². The number of carbonyl (C=O) groups excluding carboxylic acids is 2. The summed E-state index contributed by atoms with van der Waals surface area (Å²) < 4.78 is 5.02. The first-order chi connectivity index (χ1) is 16.5. The summed E-state index contributed by atoms with van der Waals surface area (Å²) >= 11 is 0. The minimum Gasteiger partial charge on any atom is -0.385 e. The van der Waals surface area contributed by atoms with Crippen LogP contribution >= 0.6 is 0 Å². The van der Waals surface area contributed by atoms with Crippen molar-refractivity contribution in [3.8, 4) is 0 Å². The molecule has 0 bridgehead atoms. The number of anilines is 4. The maximum absolute atomic E-state index is 12.8. The molecular weight excluding hydrogens is 432 g/mol. The number of benzene rings is 1. The zero-order valence-corrected chi connectivity index (χ0v) is 20.2. The van der Waals surface area contributed by atoms with Crippen molar-refractivity contribution in [3.05, 3.63) is 36.0 Å². The van der Waals surface area contributed by atoms with Crippen molar-refractivity contribution in [2.45, 2.75) is 45.1 Å². The summed E-state index contributed by atoms with van der Waals surface area (Å²) in [6, 6.07) is 7.65. The van der Waals surface area contributed by atoms with Gasteiger partial charge in [-0.05, 0) is 37.5 Å². The van der Waals surface area contributed by atoms with Gasteiger partial charge in [-0.2, -0.15) is 4.98 Å². The Balaban J connectivity index is 1.56. The zero-order valence-electron chi connectivity index (χ0n) is 20.2. The smallest absolute Gasteiger partial charge is 0.251 e. The van der Waals surface area contributed by atoms with Crippen LogP contribution < -0.4 is 20.4 Å². The highest BCUT2D eigenvalue weighted by atomic mass is 16.5. The molecule has 1 aliphatic heterocycles. The average Bonchev–Trinajstić information content (AvgIpc) is 3.36. The van der Waals surface area contributed by atoms with E-state index in [1.54, 1.807) is 37.4 Å². The van der Waals surface area contributed by atoms with Crippen LogP contribution in [-0.2, 0) is 9.53 Å². The first-order valence-electron chi connectivity index (χ1n) is 12.0. The molecule has 0 spiro atoms. The summed E-state index contributed by atoms with van der Waals surface area (Å²) in [7, 11) is 3.44. The molecule has 1 saturated carbocycles. The van der Waals surface area contributed by atoms with Gasteiger partial charge in [0.15, 0.2) is 5.82 Å². The molecular formula is C25H34N6O3. The Labute approximate surface area is 200 Å². The van der Waals surface area contributed by atoms with E-state index in [0.717, 1.165) is 36.5 Å². The summed E-state index contributed by atoms with van der Waals surface area (Å²) in [6.07, 6.45) is 7.10. The molecule has 9 heteroatoms. The van der Waals surface area contributed by atoms with Crippen LogP contribution in [0.2, 0.25) is 0 Å². The molecule has 1 aliphatic carbocycles. The van der Waals surface area contributed by atoms with Crippen LogP contribution in [0.3, 0.4) is 0 Å². The molecule has 2 heterocycles. The van der Waals surface area contributed by atoms with Gasteiger partial charge in [0.2, 0.25) is 11.9 Å². The van der Waals surface area contributed by atoms with Crippen molar-refractivity contribution in [3.63, 3.8) is 0 Å².